The van der Waals surface area contributed by atoms with Crippen molar-refractivity contribution in [1.29, 1.82) is 0 Å². The fourth-order valence-electron chi connectivity index (χ4n) is 8.98. The van der Waals surface area contributed by atoms with Gasteiger partial charge >= 0.3 is 0 Å². The van der Waals surface area contributed by atoms with Gasteiger partial charge in [-0.2, -0.15) is 0 Å². The first-order valence-corrected chi connectivity index (χ1v) is 18.7. The first kappa shape index (κ1) is 30.8. The summed E-state index contributed by atoms with van der Waals surface area (Å²) in [5, 5.41) is 4.65. The minimum Gasteiger partial charge on any atom is -0.454 e. The van der Waals surface area contributed by atoms with E-state index < -0.39 is 0 Å². The molecule has 54 heavy (non-hydrogen) atoms. The molecule has 2 aromatic heterocycles. The molecule has 0 radical (unpaired) electrons. The van der Waals surface area contributed by atoms with E-state index in [0.717, 1.165) is 44.7 Å². The van der Waals surface area contributed by atoms with Gasteiger partial charge in [0.1, 0.15) is 5.58 Å². The molecule has 0 unspecified atom stereocenters. The standard InChI is InChI=1S/C51H36N2O/c1-51(2)44-20-10-6-16-38(44)39-29-28-36(31-45(39)51)52(35-26-24-34(25-27-35)33-14-4-3-5-15-33)48-32-37(30-43-42-19-9-13-23-49(42)54-50(43)48)53-46-21-11-7-17-40(46)41-18-8-12-22-47(41)53/h3-32H,1-2H3. The smallest absolute Gasteiger partial charge is 0.159 e. The number of fused-ring (bicyclic) bond motifs is 9. The van der Waals surface area contributed by atoms with Gasteiger partial charge in [0.2, 0.25) is 0 Å². The van der Waals surface area contributed by atoms with Crippen LogP contribution in [0, 0.1) is 0 Å². The highest BCUT2D eigenvalue weighted by atomic mass is 16.3. The van der Waals surface area contributed by atoms with Crippen LogP contribution >= 0.6 is 0 Å². The summed E-state index contributed by atoms with van der Waals surface area (Å²) in [5.41, 5.74) is 15.8. The summed E-state index contributed by atoms with van der Waals surface area (Å²) in [4.78, 5) is 2.40. The highest BCUT2D eigenvalue weighted by Gasteiger charge is 2.36. The SMILES string of the molecule is CC1(C)c2ccccc2-c2ccc(N(c3ccc(-c4ccccc4)cc3)c3cc(-n4c5ccccc5c5ccccc54)cc4c3oc3ccccc34)cc21. The highest BCUT2D eigenvalue weighted by Crippen LogP contribution is 2.52. The molecule has 1 aliphatic rings. The van der Waals surface area contributed by atoms with Crippen LogP contribution in [-0.4, -0.2) is 4.57 Å². The summed E-state index contributed by atoms with van der Waals surface area (Å²) in [7, 11) is 0. The van der Waals surface area contributed by atoms with Gasteiger partial charge in [0.05, 0.1) is 16.7 Å². The maximum atomic E-state index is 6.88. The van der Waals surface area contributed by atoms with Crippen molar-refractivity contribution in [1.82, 2.24) is 4.57 Å². The normalized spacial score (nSPS) is 13.1. The molecule has 256 valence electrons. The Labute approximate surface area is 314 Å². The lowest BCUT2D eigenvalue weighted by Gasteiger charge is -2.29. The lowest BCUT2D eigenvalue weighted by molar-refractivity contribution is 0.660. The molecule has 0 aliphatic heterocycles. The van der Waals surface area contributed by atoms with Crippen LogP contribution in [0.25, 0.3) is 71.7 Å². The Bertz CT molecular complexity index is 3020. The molecule has 2 heterocycles. The van der Waals surface area contributed by atoms with Crippen LogP contribution in [-0.2, 0) is 5.41 Å². The van der Waals surface area contributed by atoms with E-state index in [9.17, 15) is 0 Å². The van der Waals surface area contributed by atoms with Gasteiger partial charge in [-0.05, 0) is 88.0 Å². The number of aromatic nitrogens is 1. The van der Waals surface area contributed by atoms with Gasteiger partial charge in [-0.1, -0.05) is 141 Å². The van der Waals surface area contributed by atoms with E-state index in [2.05, 4.69) is 205 Å². The van der Waals surface area contributed by atoms with E-state index in [1.807, 2.05) is 0 Å². The molecule has 10 aromatic rings. The zero-order chi connectivity index (χ0) is 36.0. The molecule has 3 nitrogen and oxygen atoms in total. The molecule has 1 aliphatic carbocycles. The molecule has 0 atom stereocenters. The minimum absolute atomic E-state index is 0.149. The van der Waals surface area contributed by atoms with Gasteiger partial charge in [-0.25, -0.2) is 0 Å². The molecule has 0 N–H and O–H groups in total. The van der Waals surface area contributed by atoms with Gasteiger partial charge in [0.25, 0.3) is 0 Å². The summed E-state index contributed by atoms with van der Waals surface area (Å²) in [6.07, 6.45) is 0. The minimum atomic E-state index is -0.149. The van der Waals surface area contributed by atoms with Crippen molar-refractivity contribution < 1.29 is 4.42 Å². The van der Waals surface area contributed by atoms with Crippen LogP contribution in [0.15, 0.2) is 186 Å². The van der Waals surface area contributed by atoms with Gasteiger partial charge in [0, 0.05) is 44.0 Å². The van der Waals surface area contributed by atoms with Crippen molar-refractivity contribution in [2.75, 3.05) is 4.90 Å². The quantitative estimate of drug-likeness (QED) is 0.179. The zero-order valence-electron chi connectivity index (χ0n) is 30.1. The van der Waals surface area contributed by atoms with Gasteiger partial charge in [-0.15, -0.1) is 0 Å². The van der Waals surface area contributed by atoms with Crippen molar-refractivity contribution in [2.45, 2.75) is 19.3 Å². The van der Waals surface area contributed by atoms with E-state index >= 15 is 0 Å². The van der Waals surface area contributed by atoms with E-state index in [-0.39, 0.29) is 5.41 Å². The average Bonchev–Trinajstić information content (AvgIpc) is 3.84. The van der Waals surface area contributed by atoms with Gasteiger partial charge < -0.3 is 13.9 Å². The molecule has 0 saturated carbocycles. The predicted octanol–water partition coefficient (Wildman–Crippen LogP) is 14.1. The second-order valence-corrected chi connectivity index (χ2v) is 15.0. The third kappa shape index (κ3) is 4.48. The predicted molar refractivity (Wildman–Crippen MR) is 226 cm³/mol. The van der Waals surface area contributed by atoms with Crippen LogP contribution in [0.1, 0.15) is 25.0 Å². The van der Waals surface area contributed by atoms with Crippen molar-refractivity contribution in [2.24, 2.45) is 0 Å². The lowest BCUT2D eigenvalue weighted by atomic mass is 9.82. The average molecular weight is 693 g/mol. The number of anilines is 3. The van der Waals surface area contributed by atoms with Crippen LogP contribution < -0.4 is 4.90 Å². The Balaban J connectivity index is 1.21. The fourth-order valence-corrected chi connectivity index (χ4v) is 8.98. The van der Waals surface area contributed by atoms with E-state index in [4.69, 9.17) is 4.42 Å². The third-order valence-corrected chi connectivity index (χ3v) is 11.6. The van der Waals surface area contributed by atoms with Crippen molar-refractivity contribution in [3.05, 3.63) is 193 Å². The number of benzene rings is 8. The third-order valence-electron chi connectivity index (χ3n) is 11.6. The van der Waals surface area contributed by atoms with Crippen LogP contribution in [0.5, 0.6) is 0 Å². The summed E-state index contributed by atoms with van der Waals surface area (Å²) < 4.78 is 9.29. The molecule has 0 fully saturated rings. The fraction of sp³-hybridized carbons (Fsp3) is 0.0588. The molecule has 0 spiro atoms. The second-order valence-electron chi connectivity index (χ2n) is 15.0. The highest BCUT2D eigenvalue weighted by molar-refractivity contribution is 6.13. The van der Waals surface area contributed by atoms with E-state index in [0.29, 0.717) is 0 Å². The summed E-state index contributed by atoms with van der Waals surface area (Å²) in [6.45, 7) is 4.70. The van der Waals surface area contributed by atoms with E-state index in [1.165, 1.54) is 55.2 Å². The number of para-hydroxylation sites is 3. The molecule has 0 bridgehead atoms. The van der Waals surface area contributed by atoms with Crippen molar-refractivity contribution >= 4 is 60.8 Å². The number of furan rings is 1. The number of hydrogen-bond acceptors (Lipinski definition) is 2. The maximum Gasteiger partial charge on any atom is 0.159 e. The first-order chi connectivity index (χ1) is 26.5. The molecular weight excluding hydrogens is 657 g/mol. The Morgan fingerprint density at radius 3 is 1.81 bits per heavy atom. The second kappa shape index (κ2) is 11.6. The Morgan fingerprint density at radius 2 is 1.06 bits per heavy atom. The topological polar surface area (TPSA) is 21.3 Å². The molecule has 0 saturated heterocycles. The molecule has 11 rings (SSSR count). The van der Waals surface area contributed by atoms with Crippen LogP contribution in [0.2, 0.25) is 0 Å². The van der Waals surface area contributed by atoms with Crippen molar-refractivity contribution in [3.63, 3.8) is 0 Å². The van der Waals surface area contributed by atoms with Crippen molar-refractivity contribution in [3.8, 4) is 27.9 Å². The summed E-state index contributed by atoms with van der Waals surface area (Å²) >= 11 is 0. The van der Waals surface area contributed by atoms with Crippen LogP contribution in [0.3, 0.4) is 0 Å². The summed E-state index contributed by atoms with van der Waals surface area (Å²) in [6, 6.07) is 65.9. The van der Waals surface area contributed by atoms with Crippen LogP contribution in [0.4, 0.5) is 17.1 Å². The van der Waals surface area contributed by atoms with E-state index in [1.54, 1.807) is 0 Å². The number of rotatable bonds is 5. The molecule has 8 aromatic carbocycles. The molecule has 0 amide bonds. The largest absolute Gasteiger partial charge is 0.454 e. The maximum absolute atomic E-state index is 6.88. The Hall–Kier alpha value is -6.84. The lowest BCUT2D eigenvalue weighted by Crippen LogP contribution is -2.16. The number of nitrogens with zero attached hydrogens (tertiary/aromatic N) is 2. The van der Waals surface area contributed by atoms with Gasteiger partial charge in [-0.3, -0.25) is 0 Å². The number of hydrogen-bond donors (Lipinski definition) is 0. The summed E-state index contributed by atoms with van der Waals surface area (Å²) in [5.74, 6) is 0. The molecule has 3 heteroatoms. The Kier molecular flexibility index (Phi) is 6.60. The molecular formula is C51H36N2O. The Morgan fingerprint density at radius 1 is 0.463 bits per heavy atom. The monoisotopic (exact) mass is 692 g/mol. The zero-order valence-corrected chi connectivity index (χ0v) is 30.1. The van der Waals surface area contributed by atoms with Gasteiger partial charge in [0.15, 0.2) is 5.58 Å². The first-order valence-electron chi connectivity index (χ1n) is 18.7.